The average Bonchev–Trinajstić information content (AvgIpc) is 2.46. The second kappa shape index (κ2) is 3.31. The van der Waals surface area contributed by atoms with Crippen LogP contribution in [0.4, 0.5) is 0 Å². The van der Waals surface area contributed by atoms with E-state index in [2.05, 4.69) is 32.5 Å². The Hall–Kier alpha value is 0.370. The minimum Gasteiger partial charge on any atom is -0.299 e. The molecule has 1 saturated heterocycles. The zero-order valence-electron chi connectivity index (χ0n) is 15.4. The Labute approximate surface area is 160 Å². The van der Waals surface area contributed by atoms with Gasteiger partial charge in [-0.2, -0.15) is 24.4 Å². The molecule has 0 aromatic rings. The highest BCUT2D eigenvalue weighted by molar-refractivity contribution is 8.02. The zero-order chi connectivity index (χ0) is 16.9. The van der Waals surface area contributed by atoms with Crippen molar-refractivity contribution in [2.24, 2.45) is 57.2 Å². The number of thiol groups is 1. The van der Waals surface area contributed by atoms with E-state index in [1.807, 2.05) is 0 Å². The van der Waals surface area contributed by atoms with E-state index in [0.717, 1.165) is 68.7 Å². The zero-order valence-corrected chi connectivity index (χ0v) is 17.1. The van der Waals surface area contributed by atoms with E-state index in [9.17, 15) is 4.79 Å². The summed E-state index contributed by atoms with van der Waals surface area (Å²) >= 11 is 7.13. The van der Waals surface area contributed by atoms with E-state index in [1.54, 1.807) is 6.42 Å². The second-order valence-electron chi connectivity index (χ2n) is 11.9. The van der Waals surface area contributed by atoms with Gasteiger partial charge < -0.3 is 0 Å². The number of ketones is 1. The van der Waals surface area contributed by atoms with Crippen LogP contribution in [0.15, 0.2) is 0 Å². The predicted octanol–water partition coefficient (Wildman–Crippen LogP) is 4.46. The van der Waals surface area contributed by atoms with Crippen molar-refractivity contribution in [2.45, 2.75) is 68.1 Å². The smallest absolute Gasteiger partial charge is 0.137 e. The molecule has 12 unspecified atom stereocenters. The van der Waals surface area contributed by atoms with Crippen LogP contribution in [-0.4, -0.2) is 21.0 Å². The lowest BCUT2D eigenvalue weighted by Crippen LogP contribution is -3.21. The largest absolute Gasteiger partial charge is 0.299 e. The number of Topliss-reactive ketones (excluding diaryl/α,β-unsaturated/α-hetero) is 1. The number of fused-ring (bicyclic) bond motifs is 4. The molecule has 0 bridgehead atoms. The fraction of sp³-hybridized carbons (Fsp3) is 0.955. The van der Waals surface area contributed by atoms with Crippen LogP contribution >= 0.6 is 24.4 Å². The predicted molar refractivity (Wildman–Crippen MR) is 103 cm³/mol. The molecule has 12 atom stereocenters. The summed E-state index contributed by atoms with van der Waals surface area (Å²) in [5, 5.41) is 2.16. The Morgan fingerprint density at radius 2 is 1.96 bits per heavy atom. The van der Waals surface area contributed by atoms with Crippen LogP contribution < -0.4 is 0 Å². The van der Waals surface area contributed by atoms with Crippen molar-refractivity contribution in [3.05, 3.63) is 0 Å². The van der Waals surface area contributed by atoms with E-state index in [-0.39, 0.29) is 10.7 Å². The van der Waals surface area contributed by atoms with E-state index in [4.69, 9.17) is 12.6 Å². The number of hydrogen-bond donors (Lipinski definition) is 1. The molecule has 0 N–H and O–H groups in total. The van der Waals surface area contributed by atoms with Gasteiger partial charge in [-0.25, -0.2) is 0 Å². The van der Waals surface area contributed by atoms with Crippen molar-refractivity contribution in [3.63, 3.8) is 0 Å². The Kier molecular flexibility index (Phi) is 1.91. The number of hydrogen-bond acceptors (Lipinski definition) is 3. The highest BCUT2D eigenvalue weighted by atomic mass is 32.2. The van der Waals surface area contributed by atoms with Crippen molar-refractivity contribution < 1.29 is 4.79 Å². The van der Waals surface area contributed by atoms with Crippen molar-refractivity contribution in [2.75, 3.05) is 0 Å². The number of thioether (sulfide) groups is 1. The van der Waals surface area contributed by atoms with Crippen molar-refractivity contribution in [3.8, 4) is 0 Å². The Morgan fingerprint density at radius 1 is 1.16 bits per heavy atom. The van der Waals surface area contributed by atoms with E-state index in [0.29, 0.717) is 11.7 Å². The van der Waals surface area contributed by atoms with Crippen LogP contribution in [0, 0.1) is 57.2 Å². The molecule has 134 valence electrons. The Morgan fingerprint density at radius 3 is 2.68 bits per heavy atom. The number of carbonyl (C=O) groups excluding carboxylic acids is 1. The lowest BCUT2D eigenvalue weighted by molar-refractivity contribution is -0.703. The van der Waals surface area contributed by atoms with Gasteiger partial charge in [0.2, 0.25) is 0 Å². The first kappa shape index (κ1) is 14.4. The van der Waals surface area contributed by atoms with Crippen molar-refractivity contribution in [1.82, 2.24) is 0 Å². The second-order valence-corrected chi connectivity index (χ2v) is 14.4. The minimum absolute atomic E-state index is 0.137. The summed E-state index contributed by atoms with van der Waals surface area (Å²) < 4.78 is -0.137. The van der Waals surface area contributed by atoms with E-state index >= 15 is 0 Å². The van der Waals surface area contributed by atoms with Crippen LogP contribution in [0.25, 0.3) is 0 Å². The first-order valence-corrected chi connectivity index (χ1v) is 12.1. The first-order chi connectivity index (χ1) is 11.8. The molecule has 3 heteroatoms. The van der Waals surface area contributed by atoms with Gasteiger partial charge in [0.1, 0.15) is 5.78 Å². The summed E-state index contributed by atoms with van der Waals surface area (Å²) in [5.74, 6) is 5.82. The lowest BCUT2D eigenvalue weighted by Gasteiger charge is -3.22. The third kappa shape index (κ3) is 0.842. The monoisotopic (exact) mass is 372 g/mol. The molecule has 25 heavy (non-hydrogen) atoms. The molecule has 0 amide bonds. The maximum Gasteiger partial charge on any atom is 0.137 e. The molecule has 1 nitrogen and oxygen atoms in total. The molecular weight excluding hydrogens is 344 g/mol. The highest BCUT2D eigenvalue weighted by Gasteiger charge is 3.20. The molecule has 1 heterocycles. The molecule has 8 fully saturated rings. The van der Waals surface area contributed by atoms with Gasteiger partial charge in [0.15, 0.2) is 0 Å². The van der Waals surface area contributed by atoms with E-state index < -0.39 is 0 Å². The van der Waals surface area contributed by atoms with Gasteiger partial charge in [-0.1, -0.05) is 20.8 Å². The third-order valence-corrected chi connectivity index (χ3v) is 14.3. The summed E-state index contributed by atoms with van der Waals surface area (Å²) in [4.78, 5) is 12.8. The van der Waals surface area contributed by atoms with Gasteiger partial charge in [-0.05, 0) is 71.5 Å². The van der Waals surface area contributed by atoms with Gasteiger partial charge in [-0.15, -0.1) is 0 Å². The van der Waals surface area contributed by atoms with Crippen LogP contribution in [0.5, 0.6) is 0 Å². The topological polar surface area (TPSA) is 17.1 Å². The molecule has 2 spiro atoms. The Balaban J connectivity index is 1.11. The summed E-state index contributed by atoms with van der Waals surface area (Å²) in [7, 11) is 0. The number of rotatable bonds is 3. The molecule has 1 aliphatic heterocycles. The molecule has 0 aromatic carbocycles. The highest BCUT2D eigenvalue weighted by Crippen LogP contribution is 3.22. The van der Waals surface area contributed by atoms with Crippen LogP contribution in [0.2, 0.25) is 0 Å². The van der Waals surface area contributed by atoms with E-state index in [1.165, 1.54) is 12.8 Å². The fourth-order valence-corrected chi connectivity index (χ4v) is 15.3. The van der Waals surface area contributed by atoms with Crippen molar-refractivity contribution >= 4 is 30.2 Å². The van der Waals surface area contributed by atoms with Gasteiger partial charge >= 0.3 is 0 Å². The van der Waals surface area contributed by atoms with Crippen molar-refractivity contribution in [1.29, 1.82) is 0 Å². The standard InChI is InChI=1S/C22H28OS2/c1-18(2,24)10-5-4-9(6-13(10)23)8-20-14-11-7-12-16-22(21(11,12)20)17(25-16)15(14)19(20,22)3/h9-12,14-17,24H,4-8H2,1-3H3. The summed E-state index contributed by atoms with van der Waals surface area (Å²) in [6, 6.07) is 0. The maximum atomic E-state index is 12.8. The third-order valence-electron chi connectivity index (χ3n) is 12.0. The van der Waals surface area contributed by atoms with Crippen LogP contribution in [-0.2, 0) is 4.79 Å². The first-order valence-electron chi connectivity index (χ1n) is 10.7. The molecule has 0 aromatic heterocycles. The molecule has 8 aliphatic rings. The SMILES string of the molecule is CC(C)(S)C1CCC(CC23C4C5C6SC7C8CC4C82C67C53C)CC1=O. The van der Waals surface area contributed by atoms with Gasteiger partial charge in [0.05, 0.1) is 0 Å². The maximum absolute atomic E-state index is 12.8. The summed E-state index contributed by atoms with van der Waals surface area (Å²) in [6.45, 7) is 6.96. The molecular formula is C22H28OS2. The van der Waals surface area contributed by atoms with Gasteiger partial charge in [0, 0.05) is 33.0 Å². The molecule has 0 radical (unpaired) electrons. The fourth-order valence-electron chi connectivity index (χ4n) is 12.2. The summed E-state index contributed by atoms with van der Waals surface area (Å²) in [6.07, 6.45) is 6.26. The quantitative estimate of drug-likeness (QED) is 0.737. The normalized spacial score (nSPS) is 74.5. The molecule has 7 saturated carbocycles. The average molecular weight is 373 g/mol. The van der Waals surface area contributed by atoms with Gasteiger partial charge in [-0.3, -0.25) is 4.79 Å². The molecule has 7 aliphatic carbocycles. The molecule has 8 rings (SSSR count). The van der Waals surface area contributed by atoms with Crippen LogP contribution in [0.1, 0.15) is 52.9 Å². The Bertz CT molecular complexity index is 788. The van der Waals surface area contributed by atoms with Gasteiger partial charge in [0.25, 0.3) is 0 Å². The lowest BCUT2D eigenvalue weighted by atomic mass is 8.86. The van der Waals surface area contributed by atoms with Crippen LogP contribution in [0.3, 0.4) is 0 Å². The number of carbonyl (C=O) groups is 1. The summed E-state index contributed by atoms with van der Waals surface area (Å²) in [5.41, 5.74) is 3.12. The minimum atomic E-state index is -0.137.